The fourth-order valence-electron chi connectivity index (χ4n) is 6.95. The molecule has 3 aromatic heterocycles. The molecule has 0 amide bonds. The van der Waals surface area contributed by atoms with Crippen LogP contribution in [0.25, 0.3) is 0 Å². The second kappa shape index (κ2) is 23.2. The lowest BCUT2D eigenvalue weighted by molar-refractivity contribution is 0.0985. The Kier molecular flexibility index (Phi) is 19.1. The van der Waals surface area contributed by atoms with E-state index in [1.807, 2.05) is 0 Å². The maximum absolute atomic E-state index is 12.5. The molecule has 0 aromatic carbocycles. The van der Waals surface area contributed by atoms with Crippen LogP contribution < -0.4 is 14.7 Å². The molecule has 9 rings (SSSR count). The van der Waals surface area contributed by atoms with Crippen LogP contribution in [-0.2, 0) is 43.4 Å². The zero-order chi connectivity index (χ0) is 46.4. The van der Waals surface area contributed by atoms with Crippen molar-refractivity contribution in [2.75, 3.05) is 92.7 Å². The number of aromatic nitrogens is 6. The molecule has 3 aromatic rings. The lowest BCUT2D eigenvalue weighted by atomic mass is 10.2. The third kappa shape index (κ3) is 16.3. The number of hydrogen-bond donors (Lipinski definition) is 1. The molecular formula is C40H62Cl4N12O6S3. The van der Waals surface area contributed by atoms with Crippen molar-refractivity contribution in [3.05, 3.63) is 39.2 Å². The molecule has 3 aliphatic heterocycles. The predicted molar refractivity (Wildman–Crippen MR) is 264 cm³/mol. The Morgan fingerprint density at radius 2 is 0.877 bits per heavy atom. The maximum Gasteiger partial charge on any atom is 0.226 e. The van der Waals surface area contributed by atoms with Crippen molar-refractivity contribution in [1.29, 1.82) is 4.78 Å². The van der Waals surface area contributed by atoms with Gasteiger partial charge in [0.15, 0.2) is 11.6 Å². The summed E-state index contributed by atoms with van der Waals surface area (Å²) in [4.78, 5) is 31.0. The lowest BCUT2D eigenvalue weighted by Gasteiger charge is -2.34. The quantitative estimate of drug-likeness (QED) is 0.167. The average Bonchev–Trinajstić information content (AvgIpc) is 4.04. The summed E-state index contributed by atoms with van der Waals surface area (Å²) in [6.07, 6.45) is 10.8. The Labute approximate surface area is 405 Å². The van der Waals surface area contributed by atoms with Crippen LogP contribution in [0.3, 0.4) is 0 Å². The van der Waals surface area contributed by atoms with E-state index < -0.39 is 29.2 Å². The highest BCUT2D eigenvalue weighted by molar-refractivity contribution is 7.94. The number of rotatable bonds is 8. The highest BCUT2D eigenvalue weighted by atomic mass is 35.5. The highest BCUT2D eigenvalue weighted by Gasteiger charge is 2.32. The van der Waals surface area contributed by atoms with Gasteiger partial charge in [-0.1, -0.05) is 19.0 Å². The number of nitrogens with one attached hydrogen (secondary N) is 1. The first kappa shape index (κ1) is 53.5. The van der Waals surface area contributed by atoms with E-state index in [2.05, 4.69) is 74.1 Å². The van der Waals surface area contributed by atoms with Gasteiger partial charge in [0.1, 0.15) is 22.6 Å². The molecule has 1 N–H and O–H groups in total. The number of hydrogen-bond acceptors (Lipinski definition) is 18. The molecule has 6 fully saturated rings. The van der Waals surface area contributed by atoms with Gasteiger partial charge in [0, 0.05) is 82.1 Å². The molecule has 1 unspecified atom stereocenters. The van der Waals surface area contributed by atoms with Gasteiger partial charge >= 0.3 is 0 Å². The van der Waals surface area contributed by atoms with Gasteiger partial charge in [-0.15, -0.1) is 0 Å². The van der Waals surface area contributed by atoms with Crippen molar-refractivity contribution < 1.29 is 26.8 Å². The summed E-state index contributed by atoms with van der Waals surface area (Å²) >= 11 is 23.6. The monoisotopic (exact) mass is 1040 g/mol. The zero-order valence-corrected chi connectivity index (χ0v) is 42.4. The van der Waals surface area contributed by atoms with Gasteiger partial charge in [0.25, 0.3) is 0 Å². The third-order valence-corrected chi connectivity index (χ3v) is 17.9. The van der Waals surface area contributed by atoms with Crippen LogP contribution in [0, 0.1) is 4.78 Å². The van der Waals surface area contributed by atoms with E-state index >= 15 is 0 Å². The van der Waals surface area contributed by atoms with Gasteiger partial charge in [-0.05, 0) is 94.1 Å². The second-order valence-electron chi connectivity index (χ2n) is 16.8. The molecule has 65 heavy (non-hydrogen) atoms. The van der Waals surface area contributed by atoms with Crippen LogP contribution in [0.5, 0.6) is 0 Å². The van der Waals surface area contributed by atoms with E-state index in [0.717, 1.165) is 75.6 Å². The van der Waals surface area contributed by atoms with Gasteiger partial charge in [0.05, 0.1) is 77.2 Å². The van der Waals surface area contributed by atoms with Crippen molar-refractivity contribution in [2.24, 2.45) is 8.73 Å². The van der Waals surface area contributed by atoms with Crippen molar-refractivity contribution in [2.45, 2.75) is 101 Å². The first-order valence-corrected chi connectivity index (χ1v) is 28.7. The zero-order valence-electron chi connectivity index (χ0n) is 36.9. The van der Waals surface area contributed by atoms with Crippen molar-refractivity contribution in [1.82, 2.24) is 29.9 Å². The Morgan fingerprint density at radius 1 is 0.554 bits per heavy atom. The summed E-state index contributed by atoms with van der Waals surface area (Å²) in [5.41, 5.74) is 0. The summed E-state index contributed by atoms with van der Waals surface area (Å²) in [6.45, 7) is 12.5. The SMILES string of the molecule is C.CS(=N)(=O)C1CC1.C[C@@H]1COCCN1c1cc(Cl)nc(Cl)n1.C[C@@H]1COCCN1c1cc(N=[S@@](C)(=O)C2CC2)nc(Cl)n1.C[C@@H]1COCCN1c1cc(N=[S@](C)(=O)C2CC2)nc(Cl)n1. The molecule has 6 heterocycles. The minimum atomic E-state index is -2.24. The summed E-state index contributed by atoms with van der Waals surface area (Å²) in [5, 5.41) is 1.44. The van der Waals surface area contributed by atoms with Gasteiger partial charge < -0.3 is 28.9 Å². The smallest absolute Gasteiger partial charge is 0.226 e. The van der Waals surface area contributed by atoms with Crippen LogP contribution in [0.15, 0.2) is 26.9 Å². The summed E-state index contributed by atoms with van der Waals surface area (Å²) in [5.74, 6) is 3.01. The van der Waals surface area contributed by atoms with E-state index in [1.54, 1.807) is 30.7 Å². The molecule has 0 bridgehead atoms. The molecule has 0 spiro atoms. The van der Waals surface area contributed by atoms with E-state index in [1.165, 1.54) is 6.26 Å². The average molecular weight is 1050 g/mol. The molecule has 3 saturated carbocycles. The molecule has 3 saturated heterocycles. The molecule has 6 atom stereocenters. The molecule has 6 aliphatic rings. The molecule has 3 aliphatic carbocycles. The number of ether oxygens (including phenoxy) is 3. The second-order valence-corrected chi connectivity index (χ2v) is 25.8. The molecule has 0 radical (unpaired) electrons. The van der Waals surface area contributed by atoms with Crippen LogP contribution in [0.4, 0.5) is 29.1 Å². The highest BCUT2D eigenvalue weighted by Crippen LogP contribution is 2.34. The number of anilines is 3. The standard InChI is InChI=1S/2C13H19ClN4O2S.C9H11Cl2N3O.C4H9NOS.CH4/c2*1-9-8-20-6-5-18(9)12-7-11(15-13(14)16-12)17-21(2,19)10-3-4-10;1-6-5-15-3-2-14(6)8-4-7(10)12-9(11)13-8;1-7(5,6)4-2-3-4;/h2*7,9-10H,3-6,8H2,1-2H3;4,6H,2-3,5H2,1H3;4-5H,2-3H2,1H3;1H4/t9-,21+;9-,21-;6-;;/m111../s1. The normalized spacial score (nSPS) is 24.6. The molecule has 18 nitrogen and oxygen atoms in total. The number of nitrogens with zero attached hydrogens (tertiary/aromatic N) is 11. The van der Waals surface area contributed by atoms with E-state index in [4.69, 9.17) is 65.4 Å². The minimum Gasteiger partial charge on any atom is -0.377 e. The predicted octanol–water partition coefficient (Wildman–Crippen LogP) is 7.96. The molecule has 364 valence electrons. The van der Waals surface area contributed by atoms with Crippen LogP contribution >= 0.6 is 46.4 Å². The minimum absolute atomic E-state index is 0. The largest absolute Gasteiger partial charge is 0.377 e. The lowest BCUT2D eigenvalue weighted by Crippen LogP contribution is -2.44. The Bertz CT molecular complexity index is 2330. The fraction of sp³-hybridized carbons (Fsp3) is 0.700. The fourth-order valence-corrected chi connectivity index (χ4v) is 12.0. The summed E-state index contributed by atoms with van der Waals surface area (Å²) in [7, 11) is -6.60. The van der Waals surface area contributed by atoms with Crippen molar-refractivity contribution in [3.63, 3.8) is 0 Å². The van der Waals surface area contributed by atoms with Gasteiger partial charge in [-0.2, -0.15) is 18.7 Å². The Morgan fingerprint density at radius 3 is 1.15 bits per heavy atom. The third-order valence-electron chi connectivity index (χ3n) is 11.0. The molecular weight excluding hydrogens is 983 g/mol. The summed E-state index contributed by atoms with van der Waals surface area (Å²) in [6, 6.07) is 5.95. The van der Waals surface area contributed by atoms with E-state index in [-0.39, 0.29) is 57.2 Å². The van der Waals surface area contributed by atoms with Crippen molar-refractivity contribution in [3.8, 4) is 0 Å². The molecule has 25 heteroatoms. The van der Waals surface area contributed by atoms with Gasteiger partial charge in [-0.3, -0.25) is 4.78 Å². The summed E-state index contributed by atoms with van der Waals surface area (Å²) < 4.78 is 67.4. The van der Waals surface area contributed by atoms with Gasteiger partial charge in [-0.25, -0.2) is 32.6 Å². The van der Waals surface area contributed by atoms with E-state index in [0.29, 0.717) is 56.4 Å². The van der Waals surface area contributed by atoms with Crippen LogP contribution in [-0.4, -0.2) is 154 Å². The maximum atomic E-state index is 12.5. The first-order valence-electron chi connectivity index (χ1n) is 21.2. The van der Waals surface area contributed by atoms with Crippen LogP contribution in [0.1, 0.15) is 66.7 Å². The first-order chi connectivity index (χ1) is 30.2. The van der Waals surface area contributed by atoms with E-state index in [9.17, 15) is 12.6 Å². The Balaban J connectivity index is 0.000000171. The Hall–Kier alpha value is -2.47. The number of halogens is 4. The van der Waals surface area contributed by atoms with Crippen molar-refractivity contribution >= 4 is 105 Å². The van der Waals surface area contributed by atoms with Gasteiger partial charge in [0.2, 0.25) is 15.9 Å². The number of morpholine rings is 3. The van der Waals surface area contributed by atoms with Crippen LogP contribution in [0.2, 0.25) is 21.0 Å². The topological polar surface area (TPSA) is 215 Å².